The van der Waals surface area contributed by atoms with Gasteiger partial charge in [0.1, 0.15) is 10.6 Å². The maximum Gasteiger partial charge on any atom is 0.310 e. The highest BCUT2D eigenvalue weighted by Gasteiger charge is 2.62. The highest BCUT2D eigenvalue weighted by Crippen LogP contribution is 2.60. The number of rotatable bonds is 4. The van der Waals surface area contributed by atoms with Gasteiger partial charge in [-0.05, 0) is 45.5 Å². The van der Waals surface area contributed by atoms with Gasteiger partial charge in [-0.25, -0.2) is 0 Å². The van der Waals surface area contributed by atoms with Crippen LogP contribution in [0.25, 0.3) is 10.4 Å². The molecule has 4 rings (SSSR count). The largest absolute Gasteiger partial charge is 0.461 e. The quantitative estimate of drug-likeness (QED) is 0.580. The van der Waals surface area contributed by atoms with Crippen molar-refractivity contribution in [2.45, 2.75) is 32.8 Å². The average Bonchev–Trinajstić information content (AvgIpc) is 3.01. The molecule has 0 radical (unpaired) electrons. The first-order chi connectivity index (χ1) is 12.4. The first-order valence-corrected chi connectivity index (χ1v) is 10.4. The number of benzene rings is 1. The van der Waals surface area contributed by atoms with Gasteiger partial charge < -0.3 is 4.74 Å². The van der Waals surface area contributed by atoms with E-state index in [0.29, 0.717) is 0 Å². The second kappa shape index (κ2) is 6.70. The summed E-state index contributed by atoms with van der Waals surface area (Å²) in [5, 5.41) is 2.09. The summed E-state index contributed by atoms with van der Waals surface area (Å²) in [6.07, 6.45) is 3.22. The Morgan fingerprint density at radius 1 is 1.23 bits per heavy atom. The molecular formula is C21H20Cl2O2S. The zero-order valence-corrected chi connectivity index (χ0v) is 17.0. The summed E-state index contributed by atoms with van der Waals surface area (Å²) in [6, 6.07) is 10.6. The Balaban J connectivity index is 1.47. The van der Waals surface area contributed by atoms with Crippen molar-refractivity contribution < 1.29 is 9.53 Å². The number of hydrogen-bond donors (Lipinski definition) is 0. The van der Waals surface area contributed by atoms with Crippen molar-refractivity contribution in [3.63, 3.8) is 0 Å². The Labute approximate surface area is 167 Å². The summed E-state index contributed by atoms with van der Waals surface area (Å²) in [6.45, 7) is 4.10. The van der Waals surface area contributed by atoms with E-state index in [0.717, 1.165) is 12.8 Å². The van der Waals surface area contributed by atoms with E-state index in [4.69, 9.17) is 27.9 Å². The average molecular weight is 407 g/mol. The number of carbonyl (C=O) groups excluding carboxylic acids is 1. The number of allylic oxidation sites excluding steroid dienone is 1. The van der Waals surface area contributed by atoms with E-state index in [1.807, 2.05) is 0 Å². The van der Waals surface area contributed by atoms with Gasteiger partial charge in [-0.3, -0.25) is 4.79 Å². The second-order valence-electron chi connectivity index (χ2n) is 7.67. The van der Waals surface area contributed by atoms with E-state index in [1.165, 1.54) is 21.6 Å². The molecule has 2 aliphatic rings. The van der Waals surface area contributed by atoms with Crippen LogP contribution >= 0.6 is 34.5 Å². The fraction of sp³-hybridized carbons (Fsp3) is 0.381. The lowest BCUT2D eigenvalue weighted by Gasteiger charge is -2.12. The predicted octanol–water partition coefficient (Wildman–Crippen LogP) is 6.02. The third kappa shape index (κ3) is 3.21. The van der Waals surface area contributed by atoms with Crippen LogP contribution in [0.4, 0.5) is 0 Å². The lowest BCUT2D eigenvalue weighted by molar-refractivity contribution is -0.151. The molecule has 26 heavy (non-hydrogen) atoms. The third-order valence-corrected chi connectivity index (χ3v) is 6.85. The molecule has 0 bridgehead atoms. The Morgan fingerprint density at radius 3 is 2.73 bits per heavy atom. The normalized spacial score (nSPS) is 25.5. The number of esters is 1. The minimum absolute atomic E-state index is 0.0467. The highest BCUT2D eigenvalue weighted by molar-refractivity contribution is 7.13. The molecule has 2 nitrogen and oxygen atoms in total. The number of hydrogen-bond acceptors (Lipinski definition) is 3. The van der Waals surface area contributed by atoms with E-state index in [2.05, 4.69) is 49.6 Å². The molecule has 0 saturated heterocycles. The predicted molar refractivity (Wildman–Crippen MR) is 108 cm³/mol. The van der Waals surface area contributed by atoms with E-state index in [-0.39, 0.29) is 33.8 Å². The fourth-order valence-electron chi connectivity index (χ4n) is 4.17. The lowest BCUT2D eigenvalue weighted by Crippen LogP contribution is -2.21. The molecule has 0 N–H and O–H groups in total. The molecule has 136 valence electrons. The van der Waals surface area contributed by atoms with E-state index in [1.54, 1.807) is 17.4 Å². The Kier molecular flexibility index (Phi) is 4.66. The summed E-state index contributed by atoms with van der Waals surface area (Å²) in [7, 11) is 0. The molecule has 2 aromatic rings. The topological polar surface area (TPSA) is 26.3 Å². The van der Waals surface area contributed by atoms with Gasteiger partial charge in [-0.2, -0.15) is 0 Å². The van der Waals surface area contributed by atoms with Gasteiger partial charge in [0.15, 0.2) is 0 Å². The molecule has 3 atom stereocenters. The van der Waals surface area contributed by atoms with E-state index < -0.39 is 0 Å². The van der Waals surface area contributed by atoms with Crippen LogP contribution < -0.4 is 0 Å². The number of halogens is 2. The minimum atomic E-state index is -0.171. The van der Waals surface area contributed by atoms with Gasteiger partial charge in [-0.15, -0.1) is 11.3 Å². The van der Waals surface area contributed by atoms with Crippen molar-refractivity contribution in [3.8, 4) is 10.4 Å². The molecule has 0 spiro atoms. The smallest absolute Gasteiger partial charge is 0.310 e. The Hall–Kier alpha value is -1.29. The van der Waals surface area contributed by atoms with Crippen molar-refractivity contribution in [2.24, 2.45) is 17.3 Å². The summed E-state index contributed by atoms with van der Waals surface area (Å²) in [5.41, 5.74) is 3.70. The van der Waals surface area contributed by atoms with Crippen LogP contribution in [0.3, 0.4) is 0 Å². The third-order valence-electron chi connectivity index (χ3n) is 5.69. The molecule has 0 aliphatic heterocycles. The van der Waals surface area contributed by atoms with Gasteiger partial charge in [0.05, 0.1) is 5.92 Å². The SMILES string of the molecule is CC1(C)[C@H](C(=O)OC2Cc3cccc(-c4cccs4)c3C2)[C@@H]1C=C(Cl)Cl. The lowest BCUT2D eigenvalue weighted by atomic mass is 10.0. The van der Waals surface area contributed by atoms with Crippen molar-refractivity contribution in [1.82, 2.24) is 0 Å². The van der Waals surface area contributed by atoms with Crippen molar-refractivity contribution in [3.05, 3.63) is 57.4 Å². The molecule has 1 unspecified atom stereocenters. The van der Waals surface area contributed by atoms with Crippen LogP contribution in [0.1, 0.15) is 25.0 Å². The molecule has 1 heterocycles. The summed E-state index contributed by atoms with van der Waals surface area (Å²) >= 11 is 13.3. The van der Waals surface area contributed by atoms with E-state index >= 15 is 0 Å². The molecule has 1 aromatic heterocycles. The zero-order chi connectivity index (χ0) is 18.5. The maximum absolute atomic E-state index is 12.7. The molecular weight excluding hydrogens is 387 g/mol. The summed E-state index contributed by atoms with van der Waals surface area (Å²) < 4.78 is 6.10. The van der Waals surface area contributed by atoms with E-state index in [9.17, 15) is 4.79 Å². The van der Waals surface area contributed by atoms with Crippen LogP contribution in [0.15, 0.2) is 46.3 Å². The zero-order valence-electron chi connectivity index (χ0n) is 14.7. The number of fused-ring (bicyclic) bond motifs is 1. The van der Waals surface area contributed by atoms with Gasteiger partial charge in [0.2, 0.25) is 0 Å². The summed E-state index contributed by atoms with van der Waals surface area (Å²) in [5.74, 6) is -0.262. The monoisotopic (exact) mass is 406 g/mol. The van der Waals surface area contributed by atoms with Crippen molar-refractivity contribution >= 4 is 40.5 Å². The van der Waals surface area contributed by atoms with Crippen LogP contribution in [0, 0.1) is 17.3 Å². The van der Waals surface area contributed by atoms with Gasteiger partial charge in [0, 0.05) is 17.7 Å². The first-order valence-electron chi connectivity index (χ1n) is 8.76. The molecule has 5 heteroatoms. The number of thiophene rings is 1. The highest BCUT2D eigenvalue weighted by atomic mass is 35.5. The first kappa shape index (κ1) is 18.1. The van der Waals surface area contributed by atoms with Crippen molar-refractivity contribution in [2.75, 3.05) is 0 Å². The van der Waals surface area contributed by atoms with Crippen LogP contribution in [0.2, 0.25) is 0 Å². The summed E-state index contributed by atoms with van der Waals surface area (Å²) in [4.78, 5) is 14.0. The second-order valence-corrected chi connectivity index (χ2v) is 9.62. The van der Waals surface area contributed by atoms with Crippen molar-refractivity contribution in [1.29, 1.82) is 0 Å². The van der Waals surface area contributed by atoms with Crippen LogP contribution in [-0.2, 0) is 22.4 Å². The van der Waals surface area contributed by atoms with Crippen LogP contribution in [-0.4, -0.2) is 12.1 Å². The number of ether oxygens (including phenoxy) is 1. The number of carbonyl (C=O) groups is 1. The fourth-order valence-corrected chi connectivity index (χ4v) is 5.22. The standard InChI is InChI=1S/C21H20Cl2O2S/c1-21(2)16(11-18(22)23)19(21)20(24)25-13-9-12-5-3-6-14(15(12)10-13)17-7-4-8-26-17/h3-8,11,13,16,19H,9-10H2,1-2H3/t13?,16-,19-/m0/s1. The molecule has 1 saturated carbocycles. The molecule has 1 fully saturated rings. The van der Waals surface area contributed by atoms with Gasteiger partial charge >= 0.3 is 5.97 Å². The van der Waals surface area contributed by atoms with Gasteiger partial charge in [0.25, 0.3) is 0 Å². The Morgan fingerprint density at radius 2 is 2.04 bits per heavy atom. The molecule has 1 aromatic carbocycles. The maximum atomic E-state index is 12.7. The Bertz CT molecular complexity index is 866. The molecule has 2 aliphatic carbocycles. The minimum Gasteiger partial charge on any atom is -0.461 e. The molecule has 0 amide bonds. The van der Waals surface area contributed by atoms with Gasteiger partial charge in [-0.1, -0.05) is 61.3 Å². The van der Waals surface area contributed by atoms with Crippen LogP contribution in [0.5, 0.6) is 0 Å².